The van der Waals surface area contributed by atoms with Crippen molar-refractivity contribution >= 4 is 29.1 Å². The molecule has 0 bridgehead atoms. The second-order valence-electron chi connectivity index (χ2n) is 9.66. The van der Waals surface area contributed by atoms with Crippen LogP contribution >= 0.6 is 11.6 Å². The number of nitrogens with two attached hydrogens (primary N) is 2. The Bertz CT molecular complexity index is 1650. The number of aryl methyl sites for hydroxylation is 1. The number of hydrogen-bond donors (Lipinski definition) is 2. The van der Waals surface area contributed by atoms with Crippen LogP contribution in [0.1, 0.15) is 21.5 Å². The van der Waals surface area contributed by atoms with Crippen molar-refractivity contribution in [2.45, 2.75) is 6.92 Å². The predicted octanol–water partition coefficient (Wildman–Crippen LogP) is 3.87. The van der Waals surface area contributed by atoms with Crippen molar-refractivity contribution in [2.75, 3.05) is 51.0 Å². The molecule has 9 nitrogen and oxygen atoms in total. The molecule has 0 aliphatic carbocycles. The number of carbonyl (C=O) groups excluding carboxylic acids is 1. The Hall–Kier alpha value is -4.52. The second kappa shape index (κ2) is 11.3. The molecule has 1 saturated heterocycles. The first-order valence-electron chi connectivity index (χ1n) is 12.8. The van der Waals surface area contributed by atoms with Crippen LogP contribution in [-0.4, -0.2) is 65.7 Å². The van der Waals surface area contributed by atoms with E-state index >= 15 is 0 Å². The van der Waals surface area contributed by atoms with Crippen LogP contribution in [-0.2, 0) is 0 Å². The maximum absolute atomic E-state index is 12.7. The van der Waals surface area contributed by atoms with E-state index in [1.165, 1.54) is 0 Å². The molecule has 0 unspecified atom stereocenters. The highest BCUT2D eigenvalue weighted by molar-refractivity contribution is 6.31. The van der Waals surface area contributed by atoms with Crippen LogP contribution in [0.15, 0.2) is 54.7 Å². The molecule has 0 spiro atoms. The first kappa shape index (κ1) is 27.1. The van der Waals surface area contributed by atoms with Crippen molar-refractivity contribution in [3.8, 4) is 40.4 Å². The number of aromatic nitrogens is 3. The number of rotatable bonds is 5. The highest BCUT2D eigenvalue weighted by Gasteiger charge is 2.23. The molecule has 5 rings (SSSR count). The highest BCUT2D eigenvalue weighted by Crippen LogP contribution is 2.35. The molecule has 2 aromatic carbocycles. The number of benzene rings is 2. The van der Waals surface area contributed by atoms with E-state index in [0.29, 0.717) is 33.4 Å². The second-order valence-corrected chi connectivity index (χ2v) is 10.1. The SMILES string of the molecule is COc1cc(N2CCN(C)CC2)ccc1C#Cn1c(-c2ccnc(N)n2)cc(C(N)=O)c1-c1cc(Cl)ccc1C. The van der Waals surface area contributed by atoms with E-state index in [1.54, 1.807) is 42.1 Å². The van der Waals surface area contributed by atoms with Gasteiger partial charge in [-0.25, -0.2) is 9.97 Å². The third-order valence-corrected chi connectivity index (χ3v) is 7.25. The fourth-order valence-corrected chi connectivity index (χ4v) is 4.97. The van der Waals surface area contributed by atoms with Crippen LogP contribution < -0.4 is 21.1 Å². The molecule has 1 fully saturated rings. The quantitative estimate of drug-likeness (QED) is 0.359. The van der Waals surface area contributed by atoms with Gasteiger partial charge >= 0.3 is 0 Å². The van der Waals surface area contributed by atoms with E-state index in [0.717, 1.165) is 43.0 Å². The van der Waals surface area contributed by atoms with E-state index in [9.17, 15) is 4.79 Å². The molecule has 4 N–H and O–H groups in total. The molecule has 2 aromatic heterocycles. The van der Waals surface area contributed by atoms with Crippen molar-refractivity contribution in [1.82, 2.24) is 19.4 Å². The average molecular weight is 556 g/mol. The topological polar surface area (TPSA) is 116 Å². The Kier molecular flexibility index (Phi) is 7.65. The van der Waals surface area contributed by atoms with Crippen LogP contribution in [0, 0.1) is 18.9 Å². The zero-order valence-electron chi connectivity index (χ0n) is 22.6. The largest absolute Gasteiger partial charge is 0.495 e. The van der Waals surface area contributed by atoms with E-state index in [1.807, 2.05) is 25.1 Å². The number of nitrogen functional groups attached to an aromatic ring is 1. The average Bonchev–Trinajstić information content (AvgIpc) is 3.33. The molecule has 0 atom stereocenters. The van der Waals surface area contributed by atoms with E-state index < -0.39 is 5.91 Å². The zero-order chi connectivity index (χ0) is 28.4. The molecule has 4 aromatic rings. The molecule has 1 amide bonds. The predicted molar refractivity (Wildman–Crippen MR) is 159 cm³/mol. The van der Waals surface area contributed by atoms with Gasteiger partial charge in [0.25, 0.3) is 5.91 Å². The standard InChI is InChI=1S/C30H30ClN7O2/c1-19-4-6-21(31)16-23(19)28-24(29(32)39)18-26(25-8-10-34-30(33)35-25)38(28)11-9-20-5-7-22(17-27(20)40-3)37-14-12-36(2)13-15-37/h4-8,10,16-18H,12-15H2,1-3H3,(H2,32,39)(H2,33,34,35). The summed E-state index contributed by atoms with van der Waals surface area (Å²) in [6.45, 7) is 5.82. The third-order valence-electron chi connectivity index (χ3n) is 7.01. The fourth-order valence-electron chi connectivity index (χ4n) is 4.79. The summed E-state index contributed by atoms with van der Waals surface area (Å²) in [5, 5.41) is 0.519. The van der Waals surface area contributed by atoms with Gasteiger partial charge in [0, 0.05) is 60.8 Å². The van der Waals surface area contributed by atoms with Gasteiger partial charge in [0.05, 0.1) is 35.3 Å². The van der Waals surface area contributed by atoms with Crippen molar-refractivity contribution in [1.29, 1.82) is 0 Å². The summed E-state index contributed by atoms with van der Waals surface area (Å²) < 4.78 is 7.44. The molecule has 1 aliphatic rings. The Morgan fingerprint density at radius 1 is 1.07 bits per heavy atom. The third kappa shape index (κ3) is 5.45. The first-order valence-corrected chi connectivity index (χ1v) is 13.2. The molecule has 0 radical (unpaired) electrons. The van der Waals surface area contributed by atoms with Crippen LogP contribution in [0.5, 0.6) is 5.75 Å². The van der Waals surface area contributed by atoms with Crippen molar-refractivity contribution in [3.63, 3.8) is 0 Å². The Morgan fingerprint density at radius 2 is 1.85 bits per heavy atom. The van der Waals surface area contributed by atoms with Gasteiger partial charge in [-0.2, -0.15) is 0 Å². The van der Waals surface area contributed by atoms with Crippen LogP contribution in [0.2, 0.25) is 5.02 Å². The summed E-state index contributed by atoms with van der Waals surface area (Å²) in [6, 6.07) is 18.1. The number of ether oxygens (including phenoxy) is 1. The lowest BCUT2D eigenvalue weighted by atomic mass is 10.0. The maximum atomic E-state index is 12.7. The number of likely N-dealkylation sites (N-methyl/N-ethyl adjacent to an activating group) is 1. The van der Waals surface area contributed by atoms with Gasteiger partial charge in [0.2, 0.25) is 5.95 Å². The smallest absolute Gasteiger partial charge is 0.250 e. The zero-order valence-corrected chi connectivity index (χ0v) is 23.4. The summed E-state index contributed by atoms with van der Waals surface area (Å²) in [5.74, 6) is 3.39. The fraction of sp³-hybridized carbons (Fsp3) is 0.233. The number of primary amides is 1. The minimum absolute atomic E-state index is 0.0977. The molecule has 3 heterocycles. The van der Waals surface area contributed by atoms with Gasteiger partial charge in [-0.3, -0.25) is 9.36 Å². The van der Waals surface area contributed by atoms with Crippen molar-refractivity contribution in [3.05, 3.63) is 76.4 Å². The van der Waals surface area contributed by atoms with Crippen molar-refractivity contribution < 1.29 is 9.53 Å². The molecular formula is C30H30ClN7O2. The van der Waals surface area contributed by atoms with Gasteiger partial charge in [-0.15, -0.1) is 0 Å². The van der Waals surface area contributed by atoms with E-state index in [2.05, 4.69) is 44.8 Å². The Morgan fingerprint density at radius 3 is 2.55 bits per heavy atom. The van der Waals surface area contributed by atoms with Gasteiger partial charge < -0.3 is 26.0 Å². The molecule has 10 heteroatoms. The lowest BCUT2D eigenvalue weighted by Gasteiger charge is -2.34. The Labute approximate surface area is 238 Å². The summed E-state index contributed by atoms with van der Waals surface area (Å²) in [6.07, 6.45) is 1.55. The summed E-state index contributed by atoms with van der Waals surface area (Å²) in [5.41, 5.74) is 17.0. The van der Waals surface area contributed by atoms with Gasteiger partial charge in [0.15, 0.2) is 0 Å². The normalized spacial score (nSPS) is 13.6. The number of carbonyl (C=O) groups is 1. The number of piperazine rings is 1. The monoisotopic (exact) mass is 555 g/mol. The van der Waals surface area contributed by atoms with Crippen LogP contribution in [0.3, 0.4) is 0 Å². The maximum Gasteiger partial charge on any atom is 0.250 e. The van der Waals surface area contributed by atoms with Gasteiger partial charge in [-0.05, 0) is 61.9 Å². The molecule has 204 valence electrons. The molecular weight excluding hydrogens is 526 g/mol. The van der Waals surface area contributed by atoms with Gasteiger partial charge in [-0.1, -0.05) is 17.7 Å². The number of anilines is 2. The summed E-state index contributed by atoms with van der Waals surface area (Å²) in [7, 11) is 3.76. The lowest BCUT2D eigenvalue weighted by molar-refractivity contribution is 0.100. The summed E-state index contributed by atoms with van der Waals surface area (Å²) >= 11 is 6.37. The number of methoxy groups -OCH3 is 1. The number of halogens is 1. The minimum Gasteiger partial charge on any atom is -0.495 e. The van der Waals surface area contributed by atoms with Gasteiger partial charge in [0.1, 0.15) is 5.75 Å². The lowest BCUT2D eigenvalue weighted by Crippen LogP contribution is -2.44. The summed E-state index contributed by atoms with van der Waals surface area (Å²) in [4.78, 5) is 25.7. The first-order chi connectivity index (χ1) is 19.2. The van der Waals surface area contributed by atoms with Crippen LogP contribution in [0.25, 0.3) is 22.6 Å². The van der Waals surface area contributed by atoms with E-state index in [-0.39, 0.29) is 11.5 Å². The number of amides is 1. The molecule has 1 aliphatic heterocycles. The number of hydrogen-bond acceptors (Lipinski definition) is 7. The molecule has 40 heavy (non-hydrogen) atoms. The minimum atomic E-state index is -0.604. The Balaban J connectivity index is 1.68. The number of nitrogens with zero attached hydrogens (tertiary/aromatic N) is 5. The van der Waals surface area contributed by atoms with Crippen molar-refractivity contribution in [2.24, 2.45) is 5.73 Å². The van der Waals surface area contributed by atoms with E-state index in [4.69, 9.17) is 27.8 Å². The molecule has 0 saturated carbocycles. The highest BCUT2D eigenvalue weighted by atomic mass is 35.5. The van der Waals surface area contributed by atoms with Crippen LogP contribution in [0.4, 0.5) is 11.6 Å².